The van der Waals surface area contributed by atoms with Crippen LogP contribution >= 0.6 is 24.0 Å². The highest BCUT2D eigenvalue weighted by Gasteiger charge is 2.12. The quantitative estimate of drug-likeness (QED) is 0.238. The number of halogens is 1. The lowest BCUT2D eigenvalue weighted by molar-refractivity contribution is 0.0698. The molecule has 0 atom stereocenters. The SMILES string of the molecule is CN=C(NCCCOCCOC)NCCc1ccc2c(c1)OCO2.I. The summed E-state index contributed by atoms with van der Waals surface area (Å²) in [5.41, 5.74) is 1.20. The molecular formula is C17H28IN3O4. The van der Waals surface area contributed by atoms with Gasteiger partial charge in [0.05, 0.1) is 13.2 Å². The maximum Gasteiger partial charge on any atom is 0.231 e. The van der Waals surface area contributed by atoms with Gasteiger partial charge in [0.1, 0.15) is 0 Å². The molecule has 1 aromatic carbocycles. The summed E-state index contributed by atoms with van der Waals surface area (Å²) in [6.45, 7) is 3.91. The van der Waals surface area contributed by atoms with Crippen LogP contribution in [0.5, 0.6) is 11.5 Å². The number of guanidine groups is 1. The minimum atomic E-state index is 0. The first-order valence-electron chi connectivity index (χ1n) is 8.23. The monoisotopic (exact) mass is 465 g/mol. The van der Waals surface area contributed by atoms with Crippen molar-refractivity contribution in [3.63, 3.8) is 0 Å². The van der Waals surface area contributed by atoms with Gasteiger partial charge in [0, 0.05) is 33.9 Å². The summed E-state index contributed by atoms with van der Waals surface area (Å²) in [5.74, 6) is 2.44. The lowest BCUT2D eigenvalue weighted by Gasteiger charge is -2.12. The number of nitrogens with zero attached hydrogens (tertiary/aromatic N) is 1. The van der Waals surface area contributed by atoms with Crippen LogP contribution in [0.2, 0.25) is 0 Å². The molecule has 0 aromatic heterocycles. The van der Waals surface area contributed by atoms with Crippen LogP contribution in [0.4, 0.5) is 0 Å². The van der Waals surface area contributed by atoms with Gasteiger partial charge in [-0.1, -0.05) is 6.07 Å². The second-order valence-corrected chi connectivity index (χ2v) is 5.32. The smallest absolute Gasteiger partial charge is 0.231 e. The van der Waals surface area contributed by atoms with E-state index >= 15 is 0 Å². The molecule has 0 fully saturated rings. The summed E-state index contributed by atoms with van der Waals surface area (Å²) >= 11 is 0. The van der Waals surface area contributed by atoms with E-state index in [1.54, 1.807) is 14.2 Å². The van der Waals surface area contributed by atoms with Gasteiger partial charge < -0.3 is 29.6 Å². The molecule has 0 spiro atoms. The Morgan fingerprint density at radius 3 is 2.72 bits per heavy atom. The fraction of sp³-hybridized carbons (Fsp3) is 0.588. The number of benzene rings is 1. The minimum absolute atomic E-state index is 0. The minimum Gasteiger partial charge on any atom is -0.454 e. The second-order valence-electron chi connectivity index (χ2n) is 5.32. The van der Waals surface area contributed by atoms with Crippen LogP contribution in [-0.4, -0.2) is 59.8 Å². The zero-order valence-electron chi connectivity index (χ0n) is 14.9. The third-order valence-electron chi connectivity index (χ3n) is 3.56. The molecular weight excluding hydrogens is 437 g/mol. The summed E-state index contributed by atoms with van der Waals surface area (Å²) in [4.78, 5) is 4.21. The van der Waals surface area contributed by atoms with E-state index in [1.807, 2.05) is 12.1 Å². The van der Waals surface area contributed by atoms with E-state index in [1.165, 1.54) is 5.56 Å². The van der Waals surface area contributed by atoms with Crippen molar-refractivity contribution in [1.29, 1.82) is 0 Å². The van der Waals surface area contributed by atoms with E-state index in [2.05, 4.69) is 21.7 Å². The molecule has 2 rings (SSSR count). The van der Waals surface area contributed by atoms with Crippen molar-refractivity contribution in [2.75, 3.05) is 53.9 Å². The first kappa shape index (κ1) is 21.8. The van der Waals surface area contributed by atoms with Gasteiger partial charge in [-0.25, -0.2) is 0 Å². The van der Waals surface area contributed by atoms with Crippen LogP contribution in [0.1, 0.15) is 12.0 Å². The zero-order valence-corrected chi connectivity index (χ0v) is 17.2. The Kier molecular flexibility index (Phi) is 11.3. The highest BCUT2D eigenvalue weighted by Crippen LogP contribution is 2.32. The average molecular weight is 465 g/mol. The molecule has 0 saturated heterocycles. The number of rotatable bonds is 10. The van der Waals surface area contributed by atoms with E-state index in [4.69, 9.17) is 18.9 Å². The number of fused-ring (bicyclic) bond motifs is 1. The third-order valence-corrected chi connectivity index (χ3v) is 3.56. The summed E-state index contributed by atoms with van der Waals surface area (Å²) in [6, 6.07) is 6.04. The Hall–Kier alpha value is -1.26. The van der Waals surface area contributed by atoms with Crippen LogP contribution in [-0.2, 0) is 15.9 Å². The van der Waals surface area contributed by atoms with Crippen molar-refractivity contribution < 1.29 is 18.9 Å². The van der Waals surface area contributed by atoms with Crippen LogP contribution in [0, 0.1) is 0 Å². The first-order chi connectivity index (χ1) is 11.8. The molecule has 142 valence electrons. The lowest BCUT2D eigenvalue weighted by atomic mass is 10.1. The first-order valence-corrected chi connectivity index (χ1v) is 8.23. The number of methoxy groups -OCH3 is 1. The lowest BCUT2D eigenvalue weighted by Crippen LogP contribution is -2.39. The predicted molar refractivity (Wildman–Crippen MR) is 108 cm³/mol. The van der Waals surface area contributed by atoms with Crippen molar-refractivity contribution >= 4 is 29.9 Å². The molecule has 1 heterocycles. The number of aliphatic imine (C=N–C) groups is 1. The van der Waals surface area contributed by atoms with Crippen molar-refractivity contribution in [2.45, 2.75) is 12.8 Å². The highest BCUT2D eigenvalue weighted by molar-refractivity contribution is 14.0. The average Bonchev–Trinajstić information content (AvgIpc) is 3.07. The molecule has 0 saturated carbocycles. The topological polar surface area (TPSA) is 73.3 Å². The molecule has 1 aliphatic heterocycles. The molecule has 0 amide bonds. The van der Waals surface area contributed by atoms with Gasteiger partial charge in [0.15, 0.2) is 17.5 Å². The number of ether oxygens (including phenoxy) is 4. The fourth-order valence-electron chi connectivity index (χ4n) is 2.27. The van der Waals surface area contributed by atoms with Gasteiger partial charge in [-0.3, -0.25) is 4.99 Å². The van der Waals surface area contributed by atoms with Gasteiger partial charge in [-0.15, -0.1) is 24.0 Å². The van der Waals surface area contributed by atoms with Crippen molar-refractivity contribution in [2.24, 2.45) is 4.99 Å². The summed E-state index contributed by atoms with van der Waals surface area (Å²) < 4.78 is 21.0. The van der Waals surface area contributed by atoms with E-state index in [0.717, 1.165) is 43.4 Å². The maximum absolute atomic E-state index is 5.42. The van der Waals surface area contributed by atoms with Crippen molar-refractivity contribution in [1.82, 2.24) is 10.6 Å². The van der Waals surface area contributed by atoms with Gasteiger partial charge in [-0.05, 0) is 30.5 Å². The standard InChI is InChI=1S/C17H27N3O4.HI/c1-18-17(19-7-3-9-22-11-10-21-2)20-8-6-14-4-5-15-16(12-14)24-13-23-15;/h4-5,12H,3,6-11,13H2,1-2H3,(H2,18,19,20);1H. The van der Waals surface area contributed by atoms with Gasteiger partial charge >= 0.3 is 0 Å². The van der Waals surface area contributed by atoms with E-state index in [9.17, 15) is 0 Å². The Bertz CT molecular complexity index is 529. The van der Waals surface area contributed by atoms with Crippen molar-refractivity contribution in [3.05, 3.63) is 23.8 Å². The summed E-state index contributed by atoms with van der Waals surface area (Å²) in [7, 11) is 3.44. The van der Waals surface area contributed by atoms with Crippen molar-refractivity contribution in [3.8, 4) is 11.5 Å². The Labute approximate surface area is 166 Å². The zero-order chi connectivity index (χ0) is 17.0. The summed E-state index contributed by atoms with van der Waals surface area (Å²) in [5, 5.41) is 6.57. The molecule has 0 bridgehead atoms. The van der Waals surface area contributed by atoms with Crippen LogP contribution in [0.15, 0.2) is 23.2 Å². The number of hydrogen-bond donors (Lipinski definition) is 2. The normalized spacial score (nSPS) is 12.6. The van der Waals surface area contributed by atoms with Gasteiger partial charge in [-0.2, -0.15) is 0 Å². The number of nitrogens with one attached hydrogen (secondary N) is 2. The summed E-state index contributed by atoms with van der Waals surface area (Å²) in [6.07, 6.45) is 1.81. The molecule has 7 nitrogen and oxygen atoms in total. The van der Waals surface area contributed by atoms with Gasteiger partial charge in [0.25, 0.3) is 0 Å². The van der Waals surface area contributed by atoms with E-state index < -0.39 is 0 Å². The van der Waals surface area contributed by atoms with Crippen LogP contribution in [0.25, 0.3) is 0 Å². The largest absolute Gasteiger partial charge is 0.454 e. The predicted octanol–water partition coefficient (Wildman–Crippen LogP) is 1.79. The maximum atomic E-state index is 5.42. The molecule has 25 heavy (non-hydrogen) atoms. The highest BCUT2D eigenvalue weighted by atomic mass is 127. The molecule has 0 aliphatic carbocycles. The van der Waals surface area contributed by atoms with Crippen LogP contribution < -0.4 is 20.1 Å². The Balaban J connectivity index is 0.00000312. The Morgan fingerprint density at radius 1 is 1.12 bits per heavy atom. The van der Waals surface area contributed by atoms with Gasteiger partial charge in [0.2, 0.25) is 6.79 Å². The molecule has 0 unspecified atom stereocenters. The third kappa shape index (κ3) is 8.10. The second kappa shape index (κ2) is 13.0. The fourth-order valence-corrected chi connectivity index (χ4v) is 2.27. The molecule has 1 aromatic rings. The Morgan fingerprint density at radius 2 is 1.92 bits per heavy atom. The number of hydrogen-bond acceptors (Lipinski definition) is 5. The van der Waals surface area contributed by atoms with E-state index in [-0.39, 0.29) is 24.0 Å². The molecule has 0 radical (unpaired) electrons. The van der Waals surface area contributed by atoms with E-state index in [0.29, 0.717) is 26.6 Å². The molecule has 1 aliphatic rings. The molecule has 2 N–H and O–H groups in total. The van der Waals surface area contributed by atoms with Crippen LogP contribution in [0.3, 0.4) is 0 Å². The molecule has 8 heteroatoms.